The van der Waals surface area contributed by atoms with Crippen LogP contribution >= 0.6 is 0 Å². The minimum atomic E-state index is -0.464. The molecule has 132 valence electrons. The van der Waals surface area contributed by atoms with Crippen LogP contribution in [0.15, 0.2) is 24.3 Å². The first kappa shape index (κ1) is 17.3. The molecule has 0 atom stereocenters. The smallest absolute Gasteiger partial charge is 0.410 e. The molecule has 1 fully saturated rings. The first-order chi connectivity index (χ1) is 11.9. The number of terminal acetylenes is 1. The lowest BCUT2D eigenvalue weighted by Crippen LogP contribution is -2.41. The number of fused-ring (bicyclic) bond motifs is 1. The van der Waals surface area contributed by atoms with Crippen LogP contribution in [0.4, 0.5) is 4.79 Å². The fourth-order valence-electron chi connectivity index (χ4n) is 3.31. The number of amides is 1. The van der Waals surface area contributed by atoms with E-state index in [1.807, 2.05) is 39.0 Å². The van der Waals surface area contributed by atoms with E-state index >= 15 is 0 Å². The summed E-state index contributed by atoms with van der Waals surface area (Å²) in [5, 5.41) is 0. The zero-order valence-electron chi connectivity index (χ0n) is 15.2. The van der Waals surface area contributed by atoms with Crippen LogP contribution in [0.3, 0.4) is 0 Å². The molecule has 5 nitrogen and oxygen atoms in total. The van der Waals surface area contributed by atoms with Gasteiger partial charge in [-0.15, -0.1) is 6.42 Å². The minimum absolute atomic E-state index is 0.233. The molecule has 0 bridgehead atoms. The van der Waals surface area contributed by atoms with Crippen molar-refractivity contribution in [3.63, 3.8) is 0 Å². The summed E-state index contributed by atoms with van der Waals surface area (Å²) in [6.45, 7) is 7.54. The Kier molecular flexibility index (Phi) is 4.71. The molecule has 2 aromatic rings. The van der Waals surface area contributed by atoms with Crippen LogP contribution < -0.4 is 0 Å². The lowest BCUT2D eigenvalue weighted by atomic mass is 9.96. The second kappa shape index (κ2) is 6.79. The molecule has 1 amide bonds. The highest BCUT2D eigenvalue weighted by atomic mass is 16.6. The maximum Gasteiger partial charge on any atom is 0.410 e. The number of piperidine rings is 1. The van der Waals surface area contributed by atoms with Crippen LogP contribution in [0.25, 0.3) is 11.0 Å². The summed E-state index contributed by atoms with van der Waals surface area (Å²) in [6, 6.07) is 8.07. The number of benzene rings is 1. The van der Waals surface area contributed by atoms with E-state index < -0.39 is 5.60 Å². The molecule has 0 saturated carbocycles. The minimum Gasteiger partial charge on any atom is -0.444 e. The normalized spacial score (nSPS) is 16.0. The van der Waals surface area contributed by atoms with Crippen molar-refractivity contribution in [1.29, 1.82) is 0 Å². The largest absolute Gasteiger partial charge is 0.444 e. The van der Waals surface area contributed by atoms with Gasteiger partial charge in [-0.05, 0) is 45.7 Å². The highest BCUT2D eigenvalue weighted by Gasteiger charge is 2.29. The van der Waals surface area contributed by atoms with Gasteiger partial charge in [0, 0.05) is 19.0 Å². The lowest BCUT2D eigenvalue weighted by molar-refractivity contribution is 0.0202. The Morgan fingerprint density at radius 3 is 2.64 bits per heavy atom. The first-order valence-corrected chi connectivity index (χ1v) is 8.75. The molecule has 5 heteroatoms. The number of hydrogen-bond donors (Lipinski definition) is 0. The van der Waals surface area contributed by atoms with Gasteiger partial charge in [-0.3, -0.25) is 0 Å². The van der Waals surface area contributed by atoms with Crippen molar-refractivity contribution >= 4 is 17.1 Å². The maximum atomic E-state index is 12.2. The third-order valence-corrected chi connectivity index (χ3v) is 4.45. The van der Waals surface area contributed by atoms with Gasteiger partial charge in [0.2, 0.25) is 0 Å². The SMILES string of the molecule is C#CCn1c(C2CCN(C(=O)OC(C)(C)C)CC2)nc2ccccc21. The van der Waals surface area contributed by atoms with Gasteiger partial charge < -0.3 is 14.2 Å². The van der Waals surface area contributed by atoms with Gasteiger partial charge in [0.1, 0.15) is 11.4 Å². The standard InChI is InChI=1S/C20H25N3O2/c1-5-12-23-17-9-7-6-8-16(17)21-18(23)15-10-13-22(14-11-15)19(24)25-20(2,3)4/h1,6-9,15H,10-14H2,2-4H3. The molecular weight excluding hydrogens is 314 g/mol. The third kappa shape index (κ3) is 3.79. The van der Waals surface area contributed by atoms with Crippen molar-refractivity contribution < 1.29 is 9.53 Å². The molecule has 0 aliphatic carbocycles. The van der Waals surface area contributed by atoms with Gasteiger partial charge in [0.25, 0.3) is 0 Å². The number of carbonyl (C=O) groups excluding carboxylic acids is 1. The molecule has 0 radical (unpaired) electrons. The average Bonchev–Trinajstić information content (AvgIpc) is 2.93. The quantitative estimate of drug-likeness (QED) is 0.782. The van der Waals surface area contributed by atoms with Crippen LogP contribution in [0.5, 0.6) is 0 Å². The van der Waals surface area contributed by atoms with Gasteiger partial charge in [-0.1, -0.05) is 18.1 Å². The molecule has 0 spiro atoms. The summed E-state index contributed by atoms with van der Waals surface area (Å²) >= 11 is 0. The number of para-hydroxylation sites is 2. The Bertz CT molecular complexity index is 802. The number of rotatable bonds is 2. The molecule has 3 rings (SSSR count). The summed E-state index contributed by atoms with van der Waals surface area (Å²) in [5.41, 5.74) is 1.58. The zero-order valence-corrected chi connectivity index (χ0v) is 15.2. The fourth-order valence-corrected chi connectivity index (χ4v) is 3.31. The number of imidazole rings is 1. The zero-order chi connectivity index (χ0) is 18.0. The molecule has 2 heterocycles. The third-order valence-electron chi connectivity index (χ3n) is 4.45. The molecule has 1 aliphatic rings. The van der Waals surface area contributed by atoms with Crippen LogP contribution in [-0.4, -0.2) is 39.2 Å². The van der Waals surface area contributed by atoms with E-state index in [4.69, 9.17) is 16.1 Å². The summed E-state index contributed by atoms with van der Waals surface area (Å²) in [4.78, 5) is 18.8. The average molecular weight is 339 g/mol. The number of hydrogen-bond acceptors (Lipinski definition) is 3. The molecule has 1 saturated heterocycles. The topological polar surface area (TPSA) is 47.4 Å². The highest BCUT2D eigenvalue weighted by Crippen LogP contribution is 2.30. The van der Waals surface area contributed by atoms with Crippen molar-refractivity contribution in [2.75, 3.05) is 13.1 Å². The van der Waals surface area contributed by atoms with E-state index in [0.717, 1.165) is 29.7 Å². The second-order valence-corrected chi connectivity index (χ2v) is 7.49. The van der Waals surface area contributed by atoms with E-state index in [0.29, 0.717) is 25.6 Å². The number of nitrogens with zero attached hydrogens (tertiary/aromatic N) is 3. The molecule has 0 unspecified atom stereocenters. The van der Waals surface area contributed by atoms with E-state index in [2.05, 4.69) is 16.6 Å². The summed E-state index contributed by atoms with van der Waals surface area (Å²) in [6.07, 6.45) is 7.06. The Morgan fingerprint density at radius 1 is 1.32 bits per heavy atom. The van der Waals surface area contributed by atoms with Crippen molar-refractivity contribution in [2.45, 2.75) is 51.7 Å². The lowest BCUT2D eigenvalue weighted by Gasteiger charge is -2.33. The Morgan fingerprint density at radius 2 is 2.00 bits per heavy atom. The summed E-state index contributed by atoms with van der Waals surface area (Å²) in [5.74, 6) is 4.07. The van der Waals surface area contributed by atoms with Gasteiger partial charge in [0.05, 0.1) is 17.6 Å². The Labute approximate surface area is 149 Å². The number of aromatic nitrogens is 2. The number of ether oxygens (including phenoxy) is 1. The summed E-state index contributed by atoms with van der Waals surface area (Å²) < 4.78 is 7.60. The van der Waals surface area contributed by atoms with Crippen molar-refractivity contribution in [1.82, 2.24) is 14.5 Å². The molecule has 25 heavy (non-hydrogen) atoms. The van der Waals surface area contributed by atoms with Crippen LogP contribution in [0, 0.1) is 12.3 Å². The first-order valence-electron chi connectivity index (χ1n) is 8.75. The van der Waals surface area contributed by atoms with Crippen molar-refractivity contribution in [3.05, 3.63) is 30.1 Å². The number of likely N-dealkylation sites (tertiary alicyclic amines) is 1. The summed E-state index contributed by atoms with van der Waals surface area (Å²) in [7, 11) is 0. The van der Waals surface area contributed by atoms with E-state index in [-0.39, 0.29) is 6.09 Å². The predicted molar refractivity (Wildman–Crippen MR) is 98.3 cm³/mol. The Balaban J connectivity index is 1.75. The van der Waals surface area contributed by atoms with Gasteiger partial charge in [0.15, 0.2) is 0 Å². The molecule has 1 aromatic carbocycles. The monoisotopic (exact) mass is 339 g/mol. The number of carbonyl (C=O) groups is 1. The van der Waals surface area contributed by atoms with Gasteiger partial charge >= 0.3 is 6.09 Å². The van der Waals surface area contributed by atoms with Gasteiger partial charge in [-0.2, -0.15) is 0 Å². The Hall–Kier alpha value is -2.48. The molecule has 1 aromatic heterocycles. The van der Waals surface area contributed by atoms with Crippen LogP contribution in [0.1, 0.15) is 45.4 Å². The molecule has 1 aliphatic heterocycles. The highest BCUT2D eigenvalue weighted by molar-refractivity contribution is 5.76. The fraction of sp³-hybridized carbons (Fsp3) is 0.500. The van der Waals surface area contributed by atoms with Crippen LogP contribution in [-0.2, 0) is 11.3 Å². The van der Waals surface area contributed by atoms with Crippen molar-refractivity contribution in [2.24, 2.45) is 0 Å². The maximum absolute atomic E-state index is 12.2. The molecular formula is C20H25N3O2. The second-order valence-electron chi connectivity index (χ2n) is 7.49. The van der Waals surface area contributed by atoms with E-state index in [1.165, 1.54) is 0 Å². The van der Waals surface area contributed by atoms with E-state index in [9.17, 15) is 4.79 Å². The van der Waals surface area contributed by atoms with Crippen molar-refractivity contribution in [3.8, 4) is 12.3 Å². The predicted octanol–water partition coefficient (Wildman–Crippen LogP) is 3.78. The van der Waals surface area contributed by atoms with E-state index in [1.54, 1.807) is 4.90 Å². The molecule has 0 N–H and O–H groups in total. The van der Waals surface area contributed by atoms with Gasteiger partial charge in [-0.25, -0.2) is 9.78 Å². The van der Waals surface area contributed by atoms with Crippen LogP contribution in [0.2, 0.25) is 0 Å².